The quantitative estimate of drug-likeness (QED) is 0.759. The Morgan fingerprint density at radius 1 is 1.50 bits per heavy atom. The van der Waals surface area contributed by atoms with E-state index in [9.17, 15) is 0 Å². The maximum atomic E-state index is 4.08. The normalized spacial score (nSPS) is 21.9. The van der Waals surface area contributed by atoms with Crippen molar-refractivity contribution in [1.82, 2.24) is 25.4 Å². The minimum atomic E-state index is 0.670. The molecule has 5 heteroatoms. The molecule has 0 radical (unpaired) electrons. The van der Waals surface area contributed by atoms with Crippen LogP contribution in [0.15, 0.2) is 6.33 Å². The number of aryl methyl sites for hydroxylation is 1. The molecular weight excluding hydrogens is 202 g/mol. The van der Waals surface area contributed by atoms with E-state index in [2.05, 4.69) is 20.8 Å². The monoisotopic (exact) mass is 223 g/mol. The van der Waals surface area contributed by atoms with Gasteiger partial charge < -0.3 is 15.2 Å². The predicted molar refractivity (Wildman–Crippen MR) is 63.2 cm³/mol. The van der Waals surface area contributed by atoms with Crippen molar-refractivity contribution in [2.75, 3.05) is 19.6 Å². The highest BCUT2D eigenvalue weighted by atomic mass is 15.2. The van der Waals surface area contributed by atoms with Crippen LogP contribution in [-0.4, -0.2) is 40.4 Å². The zero-order valence-electron chi connectivity index (χ0n) is 9.95. The Kier molecular flexibility index (Phi) is 4.30. The Morgan fingerprint density at radius 3 is 3.25 bits per heavy atom. The van der Waals surface area contributed by atoms with Gasteiger partial charge in [-0.3, -0.25) is 0 Å². The zero-order chi connectivity index (χ0) is 11.2. The van der Waals surface area contributed by atoms with Crippen molar-refractivity contribution in [2.24, 2.45) is 7.05 Å². The van der Waals surface area contributed by atoms with Crippen LogP contribution in [0, 0.1) is 0 Å². The Hall–Kier alpha value is -0.940. The highest BCUT2D eigenvalue weighted by Crippen LogP contribution is 2.04. The predicted octanol–water partition coefficient (Wildman–Crippen LogP) is 0.0893. The third-order valence-electron chi connectivity index (χ3n) is 3.16. The van der Waals surface area contributed by atoms with Crippen LogP contribution >= 0.6 is 0 Å². The fourth-order valence-electron chi connectivity index (χ4n) is 2.14. The molecular formula is C11H21N5. The molecule has 2 N–H and O–H groups in total. The maximum absolute atomic E-state index is 4.08. The van der Waals surface area contributed by atoms with Gasteiger partial charge in [-0.25, -0.2) is 0 Å². The highest BCUT2D eigenvalue weighted by molar-refractivity contribution is 4.85. The van der Waals surface area contributed by atoms with Crippen LogP contribution in [0.3, 0.4) is 0 Å². The molecule has 0 saturated carbocycles. The molecule has 0 amide bonds. The first-order valence-corrected chi connectivity index (χ1v) is 6.13. The Labute approximate surface area is 96.6 Å². The van der Waals surface area contributed by atoms with E-state index in [0.717, 1.165) is 25.3 Å². The largest absolute Gasteiger partial charge is 0.321 e. The number of hydrogen-bond acceptors (Lipinski definition) is 4. The minimum Gasteiger partial charge on any atom is -0.321 e. The second kappa shape index (κ2) is 5.96. The van der Waals surface area contributed by atoms with E-state index in [1.54, 1.807) is 6.33 Å². The van der Waals surface area contributed by atoms with Crippen molar-refractivity contribution in [3.05, 3.63) is 12.2 Å². The lowest BCUT2D eigenvalue weighted by molar-refractivity contribution is 0.468. The SMILES string of the molecule is Cn1cnnc1CCNC1CCCNCC1. The van der Waals surface area contributed by atoms with E-state index >= 15 is 0 Å². The van der Waals surface area contributed by atoms with E-state index in [0.29, 0.717) is 6.04 Å². The van der Waals surface area contributed by atoms with Gasteiger partial charge in [-0.1, -0.05) is 0 Å². The van der Waals surface area contributed by atoms with Gasteiger partial charge in [0.15, 0.2) is 0 Å². The molecule has 1 fully saturated rings. The van der Waals surface area contributed by atoms with Crippen LogP contribution in [0.5, 0.6) is 0 Å². The smallest absolute Gasteiger partial charge is 0.133 e. The minimum absolute atomic E-state index is 0.670. The van der Waals surface area contributed by atoms with Gasteiger partial charge in [0.1, 0.15) is 12.2 Å². The van der Waals surface area contributed by atoms with Gasteiger partial charge in [0, 0.05) is 26.1 Å². The topological polar surface area (TPSA) is 54.8 Å². The Morgan fingerprint density at radius 2 is 2.44 bits per heavy atom. The first-order valence-electron chi connectivity index (χ1n) is 6.13. The molecule has 1 aromatic heterocycles. The van der Waals surface area contributed by atoms with Crippen LogP contribution < -0.4 is 10.6 Å². The summed E-state index contributed by atoms with van der Waals surface area (Å²) in [6.45, 7) is 3.31. The lowest BCUT2D eigenvalue weighted by atomic mass is 10.1. The zero-order valence-corrected chi connectivity index (χ0v) is 9.95. The molecule has 90 valence electrons. The van der Waals surface area contributed by atoms with Gasteiger partial charge in [-0.05, 0) is 32.4 Å². The average Bonchev–Trinajstić information content (AvgIpc) is 2.55. The van der Waals surface area contributed by atoms with E-state index < -0.39 is 0 Å². The molecule has 1 aliphatic heterocycles. The first kappa shape index (κ1) is 11.5. The van der Waals surface area contributed by atoms with Crippen LogP contribution in [-0.2, 0) is 13.5 Å². The summed E-state index contributed by atoms with van der Waals surface area (Å²) in [6.07, 6.45) is 6.51. The molecule has 1 saturated heterocycles. The summed E-state index contributed by atoms with van der Waals surface area (Å²) in [4.78, 5) is 0. The summed E-state index contributed by atoms with van der Waals surface area (Å²) >= 11 is 0. The van der Waals surface area contributed by atoms with Crippen LogP contribution in [0.4, 0.5) is 0 Å². The highest BCUT2D eigenvalue weighted by Gasteiger charge is 2.11. The van der Waals surface area contributed by atoms with E-state index in [4.69, 9.17) is 0 Å². The van der Waals surface area contributed by atoms with Crippen molar-refractivity contribution >= 4 is 0 Å². The third-order valence-corrected chi connectivity index (χ3v) is 3.16. The molecule has 0 aliphatic carbocycles. The summed E-state index contributed by atoms with van der Waals surface area (Å²) in [5.41, 5.74) is 0. The van der Waals surface area contributed by atoms with Gasteiger partial charge in [0.2, 0.25) is 0 Å². The number of hydrogen-bond donors (Lipinski definition) is 2. The van der Waals surface area contributed by atoms with E-state index in [1.165, 1.54) is 25.8 Å². The fourth-order valence-corrected chi connectivity index (χ4v) is 2.14. The summed E-state index contributed by atoms with van der Waals surface area (Å²) in [6, 6.07) is 0.670. The van der Waals surface area contributed by atoms with Gasteiger partial charge in [-0.15, -0.1) is 10.2 Å². The number of nitrogens with zero attached hydrogens (tertiary/aromatic N) is 3. The summed E-state index contributed by atoms with van der Waals surface area (Å²) < 4.78 is 1.98. The van der Waals surface area contributed by atoms with Gasteiger partial charge in [0.25, 0.3) is 0 Å². The van der Waals surface area contributed by atoms with Gasteiger partial charge >= 0.3 is 0 Å². The van der Waals surface area contributed by atoms with Crippen LogP contribution in [0.2, 0.25) is 0 Å². The van der Waals surface area contributed by atoms with E-state index in [-0.39, 0.29) is 0 Å². The molecule has 5 nitrogen and oxygen atoms in total. The lowest BCUT2D eigenvalue weighted by Gasteiger charge is -2.15. The van der Waals surface area contributed by atoms with Gasteiger partial charge in [-0.2, -0.15) is 0 Å². The average molecular weight is 223 g/mol. The summed E-state index contributed by atoms with van der Waals surface area (Å²) in [7, 11) is 1.99. The molecule has 1 aliphatic rings. The van der Waals surface area contributed by atoms with Crippen molar-refractivity contribution < 1.29 is 0 Å². The summed E-state index contributed by atoms with van der Waals surface area (Å²) in [5, 5.41) is 15.0. The molecule has 0 spiro atoms. The molecule has 1 aromatic rings. The standard InChI is InChI=1S/C11H21N5/c1-16-9-14-15-11(16)5-8-13-10-3-2-6-12-7-4-10/h9-10,12-13H,2-8H2,1H3. The molecule has 1 atom stereocenters. The molecule has 2 rings (SSSR count). The second-order valence-corrected chi connectivity index (χ2v) is 4.44. The van der Waals surface area contributed by atoms with Crippen LogP contribution in [0.25, 0.3) is 0 Å². The van der Waals surface area contributed by atoms with Crippen LogP contribution in [0.1, 0.15) is 25.1 Å². The molecule has 0 bridgehead atoms. The van der Waals surface area contributed by atoms with Crippen molar-refractivity contribution in [1.29, 1.82) is 0 Å². The Balaban J connectivity index is 1.69. The fraction of sp³-hybridized carbons (Fsp3) is 0.818. The number of rotatable bonds is 4. The molecule has 1 unspecified atom stereocenters. The second-order valence-electron chi connectivity index (χ2n) is 4.44. The first-order chi connectivity index (χ1) is 7.86. The number of nitrogens with one attached hydrogen (secondary N) is 2. The van der Waals surface area contributed by atoms with Crippen molar-refractivity contribution in [3.8, 4) is 0 Å². The van der Waals surface area contributed by atoms with Crippen molar-refractivity contribution in [3.63, 3.8) is 0 Å². The molecule has 2 heterocycles. The molecule has 16 heavy (non-hydrogen) atoms. The number of aromatic nitrogens is 3. The maximum Gasteiger partial charge on any atom is 0.133 e. The Bertz CT molecular complexity index is 301. The van der Waals surface area contributed by atoms with Crippen molar-refractivity contribution in [2.45, 2.75) is 31.7 Å². The third kappa shape index (κ3) is 3.28. The van der Waals surface area contributed by atoms with Gasteiger partial charge in [0.05, 0.1) is 0 Å². The molecule has 0 aromatic carbocycles. The van der Waals surface area contributed by atoms with E-state index in [1.807, 2.05) is 11.6 Å². The lowest BCUT2D eigenvalue weighted by Crippen LogP contribution is -2.32. The summed E-state index contributed by atoms with van der Waals surface area (Å²) in [5.74, 6) is 1.05.